The van der Waals surface area contributed by atoms with E-state index in [1.54, 1.807) is 0 Å². The Morgan fingerprint density at radius 1 is 1.38 bits per heavy atom. The largest absolute Gasteiger partial charge is 0.382 e. The minimum Gasteiger partial charge on any atom is -0.382 e. The highest BCUT2D eigenvalue weighted by molar-refractivity contribution is 5.37. The molecular weight excluding hydrogens is 162 g/mol. The van der Waals surface area contributed by atoms with Gasteiger partial charge in [-0.25, -0.2) is 0 Å². The molecule has 0 amide bonds. The number of hydrogen-bond acceptors (Lipinski definition) is 3. The van der Waals surface area contributed by atoms with E-state index in [0.29, 0.717) is 5.82 Å². The molecule has 1 aliphatic carbocycles. The van der Waals surface area contributed by atoms with Crippen LogP contribution in [0.4, 0.5) is 5.82 Å². The molecule has 13 heavy (non-hydrogen) atoms. The fourth-order valence-corrected chi connectivity index (χ4v) is 2.05. The Bertz CT molecular complexity index is 331. The van der Waals surface area contributed by atoms with Crippen LogP contribution < -0.4 is 5.73 Å². The van der Waals surface area contributed by atoms with Crippen molar-refractivity contribution in [3.05, 3.63) is 17.3 Å². The summed E-state index contributed by atoms with van der Waals surface area (Å²) >= 11 is 0. The summed E-state index contributed by atoms with van der Waals surface area (Å²) in [5.41, 5.74) is 8.19. The van der Waals surface area contributed by atoms with Crippen LogP contribution in [-0.4, -0.2) is 10.2 Å². The molecule has 0 spiro atoms. The van der Waals surface area contributed by atoms with Crippen LogP contribution in [0, 0.1) is 0 Å². The highest BCUT2D eigenvalue weighted by Crippen LogP contribution is 2.34. The first-order valence-electron chi connectivity index (χ1n) is 4.72. The molecule has 1 heterocycles. The van der Waals surface area contributed by atoms with E-state index < -0.39 is 0 Å². The summed E-state index contributed by atoms with van der Waals surface area (Å²) in [5.74, 6) is 0.538. The summed E-state index contributed by atoms with van der Waals surface area (Å²) in [7, 11) is 0. The number of aromatic nitrogens is 2. The molecule has 0 fully saturated rings. The zero-order chi connectivity index (χ0) is 9.47. The van der Waals surface area contributed by atoms with Crippen molar-refractivity contribution >= 4 is 5.82 Å². The molecule has 1 aromatic heterocycles. The number of nitrogen functional groups attached to an aromatic ring is 1. The highest BCUT2D eigenvalue weighted by atomic mass is 15.1. The van der Waals surface area contributed by atoms with Crippen molar-refractivity contribution in [2.24, 2.45) is 0 Å². The molecule has 0 saturated heterocycles. The van der Waals surface area contributed by atoms with E-state index in [2.05, 4.69) is 24.0 Å². The molecule has 1 aromatic rings. The number of aryl methyl sites for hydroxylation is 1. The summed E-state index contributed by atoms with van der Waals surface area (Å²) in [6.07, 6.45) is 3.52. The third kappa shape index (κ3) is 1.39. The van der Waals surface area contributed by atoms with Gasteiger partial charge in [-0.3, -0.25) is 0 Å². The van der Waals surface area contributed by atoms with Crippen LogP contribution in [0.25, 0.3) is 0 Å². The van der Waals surface area contributed by atoms with Crippen LogP contribution in [0.1, 0.15) is 37.9 Å². The van der Waals surface area contributed by atoms with E-state index in [4.69, 9.17) is 5.73 Å². The average Bonchev–Trinajstić information content (AvgIpc) is 2.02. The predicted octanol–water partition coefficient (Wildman–Crippen LogP) is 1.67. The second kappa shape index (κ2) is 2.69. The summed E-state index contributed by atoms with van der Waals surface area (Å²) in [6.45, 7) is 4.44. The molecule has 1 aliphatic rings. The van der Waals surface area contributed by atoms with Gasteiger partial charge < -0.3 is 5.73 Å². The van der Waals surface area contributed by atoms with Crippen molar-refractivity contribution in [1.29, 1.82) is 0 Å². The molecule has 0 saturated carbocycles. The van der Waals surface area contributed by atoms with Gasteiger partial charge in [0.1, 0.15) is 5.82 Å². The van der Waals surface area contributed by atoms with Gasteiger partial charge in [0.15, 0.2) is 0 Å². The predicted molar refractivity (Wildman–Crippen MR) is 52.4 cm³/mol. The van der Waals surface area contributed by atoms with E-state index in [-0.39, 0.29) is 5.41 Å². The molecule has 0 bridgehead atoms. The van der Waals surface area contributed by atoms with Crippen molar-refractivity contribution in [3.63, 3.8) is 0 Å². The van der Waals surface area contributed by atoms with Gasteiger partial charge in [-0.05, 0) is 30.9 Å². The standard InChI is InChI=1S/C10H15N3/c1-10(2)5-3-4-7-6-8(11)12-13-9(7)10/h6H,3-5H2,1-2H3,(H2,11,12). The quantitative estimate of drug-likeness (QED) is 0.656. The molecule has 3 heteroatoms. The fourth-order valence-electron chi connectivity index (χ4n) is 2.05. The van der Waals surface area contributed by atoms with E-state index in [1.165, 1.54) is 18.4 Å². The van der Waals surface area contributed by atoms with Crippen LogP contribution in [-0.2, 0) is 11.8 Å². The van der Waals surface area contributed by atoms with Crippen LogP contribution in [0.15, 0.2) is 6.07 Å². The molecule has 2 N–H and O–H groups in total. The second-order valence-electron chi connectivity index (χ2n) is 4.38. The minimum atomic E-state index is 0.175. The Morgan fingerprint density at radius 3 is 2.92 bits per heavy atom. The summed E-state index contributed by atoms with van der Waals surface area (Å²) in [6, 6.07) is 1.96. The van der Waals surface area contributed by atoms with Crippen LogP contribution in [0.3, 0.4) is 0 Å². The molecule has 0 aromatic carbocycles. The first kappa shape index (κ1) is 8.48. The maximum atomic E-state index is 5.60. The van der Waals surface area contributed by atoms with Gasteiger partial charge in [0.2, 0.25) is 0 Å². The number of fused-ring (bicyclic) bond motifs is 1. The van der Waals surface area contributed by atoms with Gasteiger partial charge in [0.05, 0.1) is 5.69 Å². The molecule has 0 atom stereocenters. The average molecular weight is 177 g/mol. The number of anilines is 1. The lowest BCUT2D eigenvalue weighted by molar-refractivity contribution is 0.413. The van der Waals surface area contributed by atoms with Gasteiger partial charge >= 0.3 is 0 Å². The summed E-state index contributed by atoms with van der Waals surface area (Å²) in [4.78, 5) is 0. The Morgan fingerprint density at radius 2 is 2.15 bits per heavy atom. The number of nitrogens with zero attached hydrogens (tertiary/aromatic N) is 2. The Kier molecular flexibility index (Phi) is 1.75. The smallest absolute Gasteiger partial charge is 0.146 e. The number of rotatable bonds is 0. The lowest BCUT2D eigenvalue weighted by Gasteiger charge is -2.30. The van der Waals surface area contributed by atoms with Crippen molar-refractivity contribution in [2.75, 3.05) is 5.73 Å². The molecule has 3 nitrogen and oxygen atoms in total. The van der Waals surface area contributed by atoms with Gasteiger partial charge in [0.25, 0.3) is 0 Å². The molecule has 0 aliphatic heterocycles. The van der Waals surface area contributed by atoms with Crippen molar-refractivity contribution < 1.29 is 0 Å². The SMILES string of the molecule is CC1(C)CCCc2cc(N)nnc21. The maximum Gasteiger partial charge on any atom is 0.146 e. The van der Waals surface area contributed by atoms with Gasteiger partial charge in [-0.15, -0.1) is 5.10 Å². The van der Waals surface area contributed by atoms with E-state index >= 15 is 0 Å². The first-order chi connectivity index (χ1) is 6.09. The maximum absolute atomic E-state index is 5.60. The van der Waals surface area contributed by atoms with Crippen molar-refractivity contribution in [1.82, 2.24) is 10.2 Å². The van der Waals surface area contributed by atoms with Crippen LogP contribution in [0.2, 0.25) is 0 Å². The van der Waals surface area contributed by atoms with E-state index in [0.717, 1.165) is 12.1 Å². The van der Waals surface area contributed by atoms with Crippen molar-refractivity contribution in [3.8, 4) is 0 Å². The normalized spacial score (nSPS) is 19.5. The summed E-state index contributed by atoms with van der Waals surface area (Å²) in [5, 5.41) is 8.11. The van der Waals surface area contributed by atoms with Crippen molar-refractivity contribution in [2.45, 2.75) is 38.5 Å². The highest BCUT2D eigenvalue weighted by Gasteiger charge is 2.29. The Hall–Kier alpha value is -1.12. The second-order valence-corrected chi connectivity index (χ2v) is 4.38. The third-order valence-corrected chi connectivity index (χ3v) is 2.78. The van der Waals surface area contributed by atoms with Gasteiger partial charge in [-0.2, -0.15) is 5.10 Å². The molecular formula is C10H15N3. The molecule has 2 rings (SSSR count). The number of hydrogen-bond donors (Lipinski definition) is 1. The van der Waals surface area contributed by atoms with Gasteiger partial charge in [-0.1, -0.05) is 13.8 Å². The fraction of sp³-hybridized carbons (Fsp3) is 0.600. The first-order valence-corrected chi connectivity index (χ1v) is 4.72. The van der Waals surface area contributed by atoms with Crippen LogP contribution in [0.5, 0.6) is 0 Å². The molecule has 0 radical (unpaired) electrons. The van der Waals surface area contributed by atoms with E-state index in [1.807, 2.05) is 6.07 Å². The monoisotopic (exact) mass is 177 g/mol. The lowest BCUT2D eigenvalue weighted by Crippen LogP contribution is -2.26. The third-order valence-electron chi connectivity index (χ3n) is 2.78. The Balaban J connectivity index is 2.53. The zero-order valence-electron chi connectivity index (χ0n) is 8.17. The zero-order valence-corrected chi connectivity index (χ0v) is 8.17. The topological polar surface area (TPSA) is 51.8 Å². The summed E-state index contributed by atoms with van der Waals surface area (Å²) < 4.78 is 0. The molecule has 0 unspecified atom stereocenters. The lowest BCUT2D eigenvalue weighted by atomic mass is 9.76. The molecule has 70 valence electrons. The Labute approximate surface area is 78.4 Å². The van der Waals surface area contributed by atoms with E-state index in [9.17, 15) is 0 Å². The number of nitrogens with two attached hydrogens (primary N) is 1. The minimum absolute atomic E-state index is 0.175. The van der Waals surface area contributed by atoms with Gasteiger partial charge in [0, 0.05) is 5.41 Å². The van der Waals surface area contributed by atoms with Crippen LogP contribution >= 0.6 is 0 Å².